The average molecular weight is 372 g/mol. The highest BCUT2D eigenvalue weighted by atomic mass is 19.1. The maximum Gasteiger partial charge on any atom is 0.236 e. The summed E-state index contributed by atoms with van der Waals surface area (Å²) < 4.78 is 26.8. The van der Waals surface area contributed by atoms with E-state index in [1.807, 2.05) is 11.0 Å². The molecular weight excluding hydrogens is 346 g/mol. The zero-order chi connectivity index (χ0) is 19.2. The van der Waals surface area contributed by atoms with Crippen molar-refractivity contribution in [3.63, 3.8) is 0 Å². The third-order valence-electron chi connectivity index (χ3n) is 5.32. The predicted molar refractivity (Wildman–Crippen MR) is 102 cm³/mol. The number of likely N-dealkylation sites (tertiary alicyclic amines) is 1. The van der Waals surface area contributed by atoms with E-state index in [1.54, 1.807) is 6.92 Å². The van der Waals surface area contributed by atoms with Gasteiger partial charge in [0, 0.05) is 30.8 Å². The van der Waals surface area contributed by atoms with E-state index in [2.05, 4.69) is 29.6 Å². The topological polar surface area (TPSA) is 32.3 Å². The van der Waals surface area contributed by atoms with Crippen LogP contribution < -0.4 is 5.32 Å². The summed E-state index contributed by atoms with van der Waals surface area (Å²) >= 11 is 0. The molecule has 3 rings (SSSR count). The summed E-state index contributed by atoms with van der Waals surface area (Å²) in [5.41, 5.74) is 1.71. The Kier molecular flexibility index (Phi) is 6.56. The van der Waals surface area contributed by atoms with Gasteiger partial charge in [0.15, 0.2) is 0 Å². The summed E-state index contributed by atoms with van der Waals surface area (Å²) in [5.74, 6) is -0.554. The van der Waals surface area contributed by atoms with Crippen molar-refractivity contribution < 1.29 is 13.6 Å². The molecule has 1 amide bonds. The first kappa shape index (κ1) is 19.5. The van der Waals surface area contributed by atoms with Crippen LogP contribution in [0.5, 0.6) is 0 Å². The van der Waals surface area contributed by atoms with E-state index in [0.29, 0.717) is 11.5 Å². The molecule has 1 heterocycles. The van der Waals surface area contributed by atoms with Crippen LogP contribution in [0.15, 0.2) is 48.5 Å². The minimum atomic E-state index is -0.599. The molecule has 1 unspecified atom stereocenters. The Labute approximate surface area is 159 Å². The first-order valence-electron chi connectivity index (χ1n) is 9.53. The maximum atomic E-state index is 13.8. The lowest BCUT2D eigenvalue weighted by Gasteiger charge is -2.32. The third-order valence-corrected chi connectivity index (χ3v) is 5.32. The van der Waals surface area contributed by atoms with Crippen LogP contribution in [0.2, 0.25) is 0 Å². The number of hydrogen-bond donors (Lipinski definition) is 1. The second-order valence-electron chi connectivity index (χ2n) is 7.28. The Morgan fingerprint density at radius 2 is 1.85 bits per heavy atom. The Morgan fingerprint density at radius 1 is 1.15 bits per heavy atom. The van der Waals surface area contributed by atoms with Crippen LogP contribution in [0.4, 0.5) is 8.78 Å². The Balaban J connectivity index is 1.44. The number of halogens is 2. The van der Waals surface area contributed by atoms with Crippen molar-refractivity contribution in [1.82, 2.24) is 10.2 Å². The highest BCUT2D eigenvalue weighted by Gasteiger charge is 2.23. The molecule has 0 saturated carbocycles. The molecule has 2 aromatic rings. The van der Waals surface area contributed by atoms with Crippen LogP contribution in [-0.4, -0.2) is 30.4 Å². The molecule has 2 aromatic carbocycles. The molecule has 1 saturated heterocycles. The van der Waals surface area contributed by atoms with E-state index >= 15 is 0 Å². The van der Waals surface area contributed by atoms with E-state index < -0.39 is 11.6 Å². The molecule has 3 nitrogen and oxygen atoms in total. The predicted octanol–water partition coefficient (Wildman–Crippen LogP) is 4.10. The van der Waals surface area contributed by atoms with Crippen molar-refractivity contribution in [3.8, 4) is 0 Å². The SMILES string of the molecule is CC(NCC(=O)N1CCC(Cc2ccccc2)CC1)c1ccc(F)cc1F. The van der Waals surface area contributed by atoms with Crippen LogP contribution in [0, 0.1) is 17.6 Å². The number of piperidine rings is 1. The van der Waals surface area contributed by atoms with Gasteiger partial charge in [-0.2, -0.15) is 0 Å². The molecule has 1 N–H and O–H groups in total. The summed E-state index contributed by atoms with van der Waals surface area (Å²) in [6.45, 7) is 3.45. The third kappa shape index (κ3) is 5.36. The zero-order valence-corrected chi connectivity index (χ0v) is 15.6. The number of hydrogen-bond acceptors (Lipinski definition) is 2. The summed E-state index contributed by atoms with van der Waals surface area (Å²) in [6.07, 6.45) is 3.06. The van der Waals surface area contributed by atoms with E-state index in [1.165, 1.54) is 17.7 Å². The highest BCUT2D eigenvalue weighted by molar-refractivity contribution is 5.78. The lowest BCUT2D eigenvalue weighted by atomic mass is 9.90. The van der Waals surface area contributed by atoms with Crippen molar-refractivity contribution in [2.45, 2.75) is 32.2 Å². The van der Waals surface area contributed by atoms with Crippen molar-refractivity contribution in [1.29, 1.82) is 0 Å². The van der Waals surface area contributed by atoms with Gasteiger partial charge >= 0.3 is 0 Å². The molecule has 1 aliphatic rings. The monoisotopic (exact) mass is 372 g/mol. The first-order chi connectivity index (χ1) is 13.0. The highest BCUT2D eigenvalue weighted by Crippen LogP contribution is 2.22. The van der Waals surface area contributed by atoms with E-state index in [0.717, 1.165) is 38.4 Å². The zero-order valence-electron chi connectivity index (χ0n) is 15.6. The fraction of sp³-hybridized carbons (Fsp3) is 0.409. The van der Waals surface area contributed by atoms with Crippen LogP contribution >= 0.6 is 0 Å². The molecule has 1 fully saturated rings. The number of nitrogens with one attached hydrogen (secondary N) is 1. The van der Waals surface area contributed by atoms with Crippen molar-refractivity contribution in [3.05, 3.63) is 71.3 Å². The van der Waals surface area contributed by atoms with Gasteiger partial charge in [-0.25, -0.2) is 8.78 Å². The first-order valence-corrected chi connectivity index (χ1v) is 9.53. The van der Waals surface area contributed by atoms with Gasteiger partial charge in [-0.05, 0) is 43.7 Å². The molecule has 1 atom stereocenters. The molecule has 0 aliphatic carbocycles. The number of carbonyl (C=O) groups excluding carboxylic acids is 1. The number of nitrogens with zero attached hydrogens (tertiary/aromatic N) is 1. The lowest BCUT2D eigenvalue weighted by molar-refractivity contribution is -0.131. The minimum Gasteiger partial charge on any atom is -0.342 e. The normalized spacial score (nSPS) is 16.3. The maximum absolute atomic E-state index is 13.8. The largest absolute Gasteiger partial charge is 0.342 e. The van der Waals surface area contributed by atoms with Gasteiger partial charge in [0.05, 0.1) is 6.54 Å². The molecular formula is C22H26F2N2O. The molecule has 0 radical (unpaired) electrons. The van der Waals surface area contributed by atoms with Crippen molar-refractivity contribution in [2.75, 3.05) is 19.6 Å². The summed E-state index contributed by atoms with van der Waals surface area (Å²) in [7, 11) is 0. The summed E-state index contributed by atoms with van der Waals surface area (Å²) in [6, 6.07) is 13.6. The Morgan fingerprint density at radius 3 is 2.52 bits per heavy atom. The van der Waals surface area contributed by atoms with E-state index in [9.17, 15) is 13.6 Å². The van der Waals surface area contributed by atoms with Gasteiger partial charge < -0.3 is 10.2 Å². The van der Waals surface area contributed by atoms with Crippen LogP contribution in [0.25, 0.3) is 0 Å². The molecule has 0 spiro atoms. The van der Waals surface area contributed by atoms with Gasteiger partial charge in [0.2, 0.25) is 5.91 Å². The molecule has 27 heavy (non-hydrogen) atoms. The van der Waals surface area contributed by atoms with E-state index in [-0.39, 0.29) is 18.5 Å². The molecule has 1 aliphatic heterocycles. The lowest BCUT2D eigenvalue weighted by Crippen LogP contribution is -2.43. The van der Waals surface area contributed by atoms with Gasteiger partial charge in [-0.3, -0.25) is 4.79 Å². The molecule has 0 aromatic heterocycles. The second-order valence-corrected chi connectivity index (χ2v) is 7.28. The fourth-order valence-electron chi connectivity index (χ4n) is 3.65. The average Bonchev–Trinajstić information content (AvgIpc) is 2.67. The van der Waals surface area contributed by atoms with Gasteiger partial charge in [0.1, 0.15) is 11.6 Å². The molecule has 0 bridgehead atoms. The second kappa shape index (κ2) is 9.09. The number of rotatable bonds is 6. The van der Waals surface area contributed by atoms with E-state index in [4.69, 9.17) is 0 Å². The van der Waals surface area contributed by atoms with Crippen LogP contribution in [0.1, 0.15) is 36.9 Å². The molecule has 144 valence electrons. The fourth-order valence-corrected chi connectivity index (χ4v) is 3.65. The Bertz CT molecular complexity index is 758. The van der Waals surface area contributed by atoms with Gasteiger partial charge in [-0.15, -0.1) is 0 Å². The number of benzene rings is 2. The number of carbonyl (C=O) groups is 1. The van der Waals surface area contributed by atoms with Crippen molar-refractivity contribution in [2.24, 2.45) is 5.92 Å². The van der Waals surface area contributed by atoms with Crippen LogP contribution in [0.3, 0.4) is 0 Å². The minimum absolute atomic E-state index is 0.0301. The summed E-state index contributed by atoms with van der Waals surface area (Å²) in [5, 5.41) is 3.05. The van der Waals surface area contributed by atoms with Gasteiger partial charge in [0.25, 0.3) is 0 Å². The van der Waals surface area contributed by atoms with Crippen molar-refractivity contribution >= 4 is 5.91 Å². The summed E-state index contributed by atoms with van der Waals surface area (Å²) in [4.78, 5) is 14.3. The van der Waals surface area contributed by atoms with Gasteiger partial charge in [-0.1, -0.05) is 36.4 Å². The molecule has 5 heteroatoms. The quantitative estimate of drug-likeness (QED) is 0.828. The number of amides is 1. The Hall–Kier alpha value is -2.27. The van der Waals surface area contributed by atoms with Crippen LogP contribution in [-0.2, 0) is 11.2 Å². The standard InChI is InChI=1S/C22H26F2N2O/c1-16(20-8-7-19(23)14-21(20)24)25-15-22(27)26-11-9-18(10-12-26)13-17-5-3-2-4-6-17/h2-8,14,16,18,25H,9-13,15H2,1H3. The smallest absolute Gasteiger partial charge is 0.236 e.